The van der Waals surface area contributed by atoms with Gasteiger partial charge in [0.15, 0.2) is 11.5 Å². The molecule has 0 radical (unpaired) electrons. The van der Waals surface area contributed by atoms with Crippen LogP contribution in [0.5, 0.6) is 0 Å². The number of nitrogens with zero attached hydrogens (tertiary/aromatic N) is 1. The molecule has 1 aliphatic rings. The van der Waals surface area contributed by atoms with Gasteiger partial charge in [-0.2, -0.15) is 0 Å². The first kappa shape index (κ1) is 21.5. The van der Waals surface area contributed by atoms with E-state index in [1.165, 1.54) is 30.3 Å². The van der Waals surface area contributed by atoms with Gasteiger partial charge in [-0.3, -0.25) is 14.5 Å². The van der Waals surface area contributed by atoms with E-state index in [0.29, 0.717) is 4.47 Å². The molecule has 160 valence electrons. The number of benzene rings is 3. The molecule has 0 saturated heterocycles. The molecule has 1 amide bonds. The smallest absolute Gasteiger partial charge is 0.336 e. The van der Waals surface area contributed by atoms with Crippen molar-refractivity contribution in [2.45, 2.75) is 6.04 Å². The zero-order valence-electron chi connectivity index (χ0n) is 16.3. The molecule has 0 bridgehead atoms. The average Bonchev–Trinajstić information content (AvgIpc) is 3.04. The number of ketones is 1. The standard InChI is InChI=1S/C24H15BrFNO5/c25-14-5-3-4-13(12-14)21(28)20-19(17-6-1-2-7-18(17)24(31)32)22(29)23(30)27(20)16-10-8-15(26)9-11-16/h1-12,20,29H,(H,31,32). The van der Waals surface area contributed by atoms with E-state index in [4.69, 9.17) is 0 Å². The minimum Gasteiger partial charge on any atom is -0.503 e. The summed E-state index contributed by atoms with van der Waals surface area (Å²) in [6, 6.07) is 15.8. The third-order valence-electron chi connectivity index (χ3n) is 5.12. The number of aliphatic hydroxyl groups is 1. The number of aliphatic hydroxyl groups excluding tert-OH is 1. The lowest BCUT2D eigenvalue weighted by atomic mass is 9.90. The van der Waals surface area contributed by atoms with Gasteiger partial charge in [0, 0.05) is 21.3 Å². The van der Waals surface area contributed by atoms with Gasteiger partial charge in [-0.1, -0.05) is 46.3 Å². The Balaban J connectivity index is 1.95. The summed E-state index contributed by atoms with van der Waals surface area (Å²) in [5, 5.41) is 20.4. The minimum atomic E-state index is -1.36. The Labute approximate surface area is 190 Å². The van der Waals surface area contributed by atoms with Gasteiger partial charge in [0.05, 0.1) is 5.56 Å². The number of carboxylic acid groups (broad SMARTS) is 1. The van der Waals surface area contributed by atoms with Crippen LogP contribution in [0.2, 0.25) is 0 Å². The highest BCUT2D eigenvalue weighted by Gasteiger charge is 2.46. The number of carboxylic acids is 1. The Morgan fingerprint density at radius 1 is 0.969 bits per heavy atom. The summed E-state index contributed by atoms with van der Waals surface area (Å²) in [6.45, 7) is 0. The van der Waals surface area contributed by atoms with Crippen molar-refractivity contribution in [2.75, 3.05) is 4.90 Å². The van der Waals surface area contributed by atoms with Crippen LogP contribution in [0, 0.1) is 5.82 Å². The Morgan fingerprint density at radius 3 is 2.31 bits per heavy atom. The van der Waals surface area contributed by atoms with Crippen molar-refractivity contribution in [1.29, 1.82) is 0 Å². The summed E-state index contributed by atoms with van der Waals surface area (Å²) in [6.07, 6.45) is 0. The molecule has 32 heavy (non-hydrogen) atoms. The maximum Gasteiger partial charge on any atom is 0.336 e. The number of halogens is 2. The number of aromatic carboxylic acids is 1. The molecule has 1 heterocycles. The summed E-state index contributed by atoms with van der Waals surface area (Å²) in [5.41, 5.74) is 0.171. The molecule has 1 unspecified atom stereocenters. The summed E-state index contributed by atoms with van der Waals surface area (Å²) < 4.78 is 14.1. The molecular weight excluding hydrogens is 481 g/mol. The summed E-state index contributed by atoms with van der Waals surface area (Å²) >= 11 is 3.31. The maximum atomic E-state index is 13.6. The lowest BCUT2D eigenvalue weighted by Crippen LogP contribution is -2.41. The van der Waals surface area contributed by atoms with Crippen molar-refractivity contribution in [3.8, 4) is 0 Å². The number of hydrogen-bond donors (Lipinski definition) is 2. The second-order valence-electron chi connectivity index (χ2n) is 7.04. The third-order valence-corrected chi connectivity index (χ3v) is 5.61. The fraction of sp³-hybridized carbons (Fsp3) is 0.0417. The normalized spacial score (nSPS) is 15.9. The van der Waals surface area contributed by atoms with E-state index in [9.17, 15) is 29.0 Å². The van der Waals surface area contributed by atoms with Crippen molar-refractivity contribution >= 4 is 44.9 Å². The quantitative estimate of drug-likeness (QED) is 0.493. The van der Waals surface area contributed by atoms with Crippen LogP contribution in [0.15, 0.2) is 83.0 Å². The van der Waals surface area contributed by atoms with Crippen LogP contribution >= 0.6 is 15.9 Å². The number of carbonyl (C=O) groups is 3. The zero-order valence-corrected chi connectivity index (χ0v) is 17.9. The highest BCUT2D eigenvalue weighted by Crippen LogP contribution is 2.39. The van der Waals surface area contributed by atoms with Gasteiger partial charge < -0.3 is 10.2 Å². The number of amides is 1. The van der Waals surface area contributed by atoms with Gasteiger partial charge in [-0.25, -0.2) is 9.18 Å². The SMILES string of the molecule is O=C(O)c1ccccc1C1=C(O)C(=O)N(c2ccc(F)cc2)C1C(=O)c1cccc(Br)c1. The summed E-state index contributed by atoms with van der Waals surface area (Å²) in [7, 11) is 0. The van der Waals surface area contributed by atoms with E-state index in [-0.39, 0.29) is 28.0 Å². The molecule has 2 N–H and O–H groups in total. The van der Waals surface area contributed by atoms with Crippen LogP contribution in [0.1, 0.15) is 26.3 Å². The predicted molar refractivity (Wildman–Crippen MR) is 119 cm³/mol. The highest BCUT2D eigenvalue weighted by molar-refractivity contribution is 9.10. The van der Waals surface area contributed by atoms with Crippen LogP contribution in [0.25, 0.3) is 5.57 Å². The van der Waals surface area contributed by atoms with Crippen molar-refractivity contribution in [1.82, 2.24) is 0 Å². The van der Waals surface area contributed by atoms with Crippen LogP contribution in [-0.2, 0) is 4.79 Å². The fourth-order valence-corrected chi connectivity index (χ4v) is 4.10. The molecule has 0 fully saturated rings. The second kappa shape index (κ2) is 8.39. The number of anilines is 1. The first-order chi connectivity index (χ1) is 15.3. The van der Waals surface area contributed by atoms with E-state index in [1.807, 2.05) is 0 Å². The van der Waals surface area contributed by atoms with Gasteiger partial charge in [0.1, 0.15) is 11.9 Å². The number of Topliss-reactive ketones (excluding diaryl/α,β-unsaturated/α-hetero) is 1. The van der Waals surface area contributed by atoms with E-state index in [2.05, 4.69) is 15.9 Å². The van der Waals surface area contributed by atoms with Crippen molar-refractivity contribution < 1.29 is 29.0 Å². The maximum absolute atomic E-state index is 13.6. The van der Waals surface area contributed by atoms with Gasteiger partial charge >= 0.3 is 5.97 Å². The molecule has 0 aliphatic carbocycles. The average molecular weight is 496 g/mol. The first-order valence-corrected chi connectivity index (χ1v) is 10.2. The molecule has 6 nitrogen and oxygen atoms in total. The largest absolute Gasteiger partial charge is 0.503 e. The lowest BCUT2D eigenvalue weighted by Gasteiger charge is -2.26. The predicted octanol–water partition coefficient (Wildman–Crippen LogP) is 4.85. The van der Waals surface area contributed by atoms with Gasteiger partial charge in [0.2, 0.25) is 0 Å². The molecule has 3 aromatic rings. The molecule has 0 spiro atoms. The Bertz CT molecular complexity index is 1290. The van der Waals surface area contributed by atoms with Crippen LogP contribution in [-0.4, -0.2) is 33.9 Å². The van der Waals surface area contributed by atoms with Crippen LogP contribution in [0.3, 0.4) is 0 Å². The Kier molecular flexibility index (Phi) is 5.63. The lowest BCUT2D eigenvalue weighted by molar-refractivity contribution is -0.116. The zero-order chi connectivity index (χ0) is 23.0. The molecule has 4 rings (SSSR count). The van der Waals surface area contributed by atoms with Crippen molar-refractivity contribution in [3.63, 3.8) is 0 Å². The van der Waals surface area contributed by atoms with Crippen molar-refractivity contribution in [3.05, 3.63) is 106 Å². The molecule has 1 aliphatic heterocycles. The number of hydrogen-bond acceptors (Lipinski definition) is 4. The molecule has 0 saturated carbocycles. The molecule has 3 aromatic carbocycles. The summed E-state index contributed by atoms with van der Waals surface area (Å²) in [5.74, 6) is -3.98. The van der Waals surface area contributed by atoms with E-state index in [1.54, 1.807) is 30.3 Å². The summed E-state index contributed by atoms with van der Waals surface area (Å²) in [4.78, 5) is 39.6. The number of carbonyl (C=O) groups excluding carboxylic acids is 2. The van der Waals surface area contributed by atoms with E-state index >= 15 is 0 Å². The molecule has 0 aromatic heterocycles. The van der Waals surface area contributed by atoms with Gasteiger partial charge in [-0.15, -0.1) is 0 Å². The molecule has 8 heteroatoms. The van der Waals surface area contributed by atoms with E-state index < -0.39 is 35.3 Å². The molecular formula is C24H15BrFNO5. The van der Waals surface area contributed by atoms with E-state index in [0.717, 1.165) is 17.0 Å². The second-order valence-corrected chi connectivity index (χ2v) is 7.96. The van der Waals surface area contributed by atoms with Crippen molar-refractivity contribution in [2.24, 2.45) is 0 Å². The third kappa shape index (κ3) is 3.69. The molecule has 1 atom stereocenters. The van der Waals surface area contributed by atoms with Crippen LogP contribution in [0.4, 0.5) is 10.1 Å². The first-order valence-electron chi connectivity index (χ1n) is 9.44. The van der Waals surface area contributed by atoms with Crippen LogP contribution < -0.4 is 4.90 Å². The topological polar surface area (TPSA) is 94.9 Å². The Hall–Kier alpha value is -3.78. The fourth-order valence-electron chi connectivity index (χ4n) is 3.70. The number of rotatable bonds is 5. The highest BCUT2D eigenvalue weighted by atomic mass is 79.9. The van der Waals surface area contributed by atoms with Gasteiger partial charge in [0.25, 0.3) is 5.91 Å². The minimum absolute atomic E-state index is 0.0452. The monoisotopic (exact) mass is 495 g/mol. The Morgan fingerprint density at radius 2 is 1.66 bits per heavy atom. The van der Waals surface area contributed by atoms with Gasteiger partial charge in [-0.05, 0) is 48.0 Å².